The lowest BCUT2D eigenvalue weighted by molar-refractivity contribution is -0.143. The Morgan fingerprint density at radius 3 is 2.36 bits per heavy atom. The zero-order valence-electron chi connectivity index (χ0n) is 16.3. The van der Waals surface area contributed by atoms with Gasteiger partial charge in [-0.3, -0.25) is 4.79 Å². The zero-order chi connectivity index (χ0) is 19.1. The van der Waals surface area contributed by atoms with E-state index in [1.165, 1.54) is 7.11 Å². The highest BCUT2D eigenvalue weighted by Crippen LogP contribution is 2.38. The van der Waals surface area contributed by atoms with Crippen LogP contribution in [-0.4, -0.2) is 38.7 Å². The van der Waals surface area contributed by atoms with Crippen molar-refractivity contribution >= 4 is 20.4 Å². The number of esters is 1. The first-order chi connectivity index (χ1) is 11.5. The Morgan fingerprint density at radius 2 is 1.84 bits per heavy atom. The molecular formula is C20H32O4Si. The second-order valence-corrected chi connectivity index (χ2v) is 12.6. The number of hydrogen-bond acceptors (Lipinski definition) is 4. The molecule has 0 fully saturated rings. The molecule has 0 spiro atoms. The van der Waals surface area contributed by atoms with Crippen molar-refractivity contribution in [2.24, 2.45) is 0 Å². The Kier molecular flexibility index (Phi) is 8.05. The molecule has 0 heterocycles. The molecule has 0 aromatic heterocycles. The lowest BCUT2D eigenvalue weighted by atomic mass is 10.1. The molecule has 0 aliphatic carbocycles. The summed E-state index contributed by atoms with van der Waals surface area (Å²) in [4.78, 5) is 11.4. The highest BCUT2D eigenvalue weighted by molar-refractivity contribution is 6.74. The zero-order valence-corrected chi connectivity index (χ0v) is 17.3. The second-order valence-electron chi connectivity index (χ2n) is 7.86. The van der Waals surface area contributed by atoms with Gasteiger partial charge in [-0.15, -0.1) is 0 Å². The van der Waals surface area contributed by atoms with Crippen molar-refractivity contribution in [2.45, 2.75) is 64.0 Å². The number of benzene rings is 1. The lowest BCUT2D eigenvalue weighted by Crippen LogP contribution is -2.44. The first-order valence-corrected chi connectivity index (χ1v) is 11.6. The standard InChI is InChI=1S/C20H32O4Si/c1-20(2,3)25(5,6)24-18(14-17(21)15-19(22)23-4)13-12-16-10-8-7-9-11-16/h7-13,17-18,21H,14-15H2,1-6H3/b13-12+/t17?,18-/m0/s1. The summed E-state index contributed by atoms with van der Waals surface area (Å²) < 4.78 is 11.1. The maximum absolute atomic E-state index is 11.4. The van der Waals surface area contributed by atoms with E-state index < -0.39 is 20.4 Å². The highest BCUT2D eigenvalue weighted by atomic mass is 28.4. The monoisotopic (exact) mass is 364 g/mol. The minimum atomic E-state index is -2.00. The van der Waals surface area contributed by atoms with Gasteiger partial charge in [0.15, 0.2) is 8.32 Å². The molecule has 1 aromatic rings. The fraction of sp³-hybridized carbons (Fsp3) is 0.550. The number of carbonyl (C=O) groups excluding carboxylic acids is 1. The van der Waals surface area contributed by atoms with Gasteiger partial charge in [0.05, 0.1) is 25.7 Å². The molecule has 0 radical (unpaired) electrons. The SMILES string of the molecule is COC(=O)CC(O)C[C@H](/C=C/c1ccccc1)O[Si](C)(C)C(C)(C)C. The fourth-order valence-electron chi connectivity index (χ4n) is 2.13. The molecule has 0 saturated carbocycles. The van der Waals surface area contributed by atoms with Gasteiger partial charge in [0, 0.05) is 6.42 Å². The molecule has 0 aliphatic rings. The van der Waals surface area contributed by atoms with Crippen LogP contribution in [0.25, 0.3) is 6.08 Å². The van der Waals surface area contributed by atoms with E-state index in [2.05, 4.69) is 38.6 Å². The molecule has 1 N–H and O–H groups in total. The summed E-state index contributed by atoms with van der Waals surface area (Å²) in [6.45, 7) is 10.9. The summed E-state index contributed by atoms with van der Waals surface area (Å²) in [6, 6.07) is 9.97. The molecule has 4 nitrogen and oxygen atoms in total. The van der Waals surface area contributed by atoms with Crippen LogP contribution in [0, 0.1) is 0 Å². The fourth-order valence-corrected chi connectivity index (χ4v) is 3.42. The Labute approximate surface area is 153 Å². The molecule has 2 atom stereocenters. The van der Waals surface area contributed by atoms with E-state index in [0.29, 0.717) is 6.42 Å². The van der Waals surface area contributed by atoms with Crippen LogP contribution in [0.2, 0.25) is 18.1 Å². The Morgan fingerprint density at radius 1 is 1.24 bits per heavy atom. The molecule has 0 bridgehead atoms. The number of ether oxygens (including phenoxy) is 1. The van der Waals surface area contributed by atoms with Crippen LogP contribution in [0.5, 0.6) is 0 Å². The van der Waals surface area contributed by atoms with Crippen molar-refractivity contribution in [3.8, 4) is 0 Å². The van der Waals surface area contributed by atoms with Crippen LogP contribution in [0.15, 0.2) is 36.4 Å². The topological polar surface area (TPSA) is 55.8 Å². The van der Waals surface area contributed by atoms with Crippen LogP contribution < -0.4 is 0 Å². The summed E-state index contributed by atoms with van der Waals surface area (Å²) in [5.41, 5.74) is 1.08. The average Bonchev–Trinajstić information content (AvgIpc) is 2.52. The van der Waals surface area contributed by atoms with Crippen molar-refractivity contribution in [3.63, 3.8) is 0 Å². The molecule has 0 amide bonds. The first-order valence-electron chi connectivity index (χ1n) is 8.71. The molecule has 0 saturated heterocycles. The van der Waals surface area contributed by atoms with Crippen molar-refractivity contribution in [1.29, 1.82) is 0 Å². The first kappa shape index (κ1) is 21.6. The maximum Gasteiger partial charge on any atom is 0.308 e. The van der Waals surface area contributed by atoms with Crippen molar-refractivity contribution in [1.82, 2.24) is 0 Å². The van der Waals surface area contributed by atoms with Gasteiger partial charge in [-0.05, 0) is 23.7 Å². The van der Waals surface area contributed by atoms with Crippen molar-refractivity contribution < 1.29 is 19.1 Å². The summed E-state index contributed by atoms with van der Waals surface area (Å²) in [7, 11) is -0.672. The van der Waals surface area contributed by atoms with E-state index in [0.717, 1.165) is 5.56 Å². The third kappa shape index (κ3) is 7.55. The Balaban J connectivity index is 2.89. The molecule has 1 unspecified atom stereocenters. The summed E-state index contributed by atoms with van der Waals surface area (Å²) in [5.74, 6) is -0.411. The van der Waals surface area contributed by atoms with E-state index in [1.54, 1.807) is 0 Å². The molecular weight excluding hydrogens is 332 g/mol. The normalized spacial score (nSPS) is 15.2. The molecule has 0 aliphatic heterocycles. The number of aliphatic hydroxyl groups is 1. The molecule has 5 heteroatoms. The molecule has 140 valence electrons. The number of methoxy groups -OCH3 is 1. The Bertz CT molecular complexity index is 561. The van der Waals surface area contributed by atoms with Gasteiger partial charge in [-0.2, -0.15) is 0 Å². The van der Waals surface area contributed by atoms with E-state index in [-0.39, 0.29) is 17.6 Å². The van der Waals surface area contributed by atoms with Gasteiger partial charge in [0.2, 0.25) is 0 Å². The number of hydrogen-bond donors (Lipinski definition) is 1. The maximum atomic E-state index is 11.4. The van der Waals surface area contributed by atoms with Crippen LogP contribution in [0.1, 0.15) is 39.2 Å². The summed E-state index contributed by atoms with van der Waals surface area (Å²) in [5, 5.41) is 10.3. The number of rotatable bonds is 8. The van der Waals surface area contributed by atoms with Crippen molar-refractivity contribution in [2.75, 3.05) is 7.11 Å². The Hall–Kier alpha value is -1.43. The van der Waals surface area contributed by atoms with E-state index in [4.69, 9.17) is 4.43 Å². The van der Waals surface area contributed by atoms with Gasteiger partial charge < -0.3 is 14.3 Å². The van der Waals surface area contributed by atoms with Gasteiger partial charge in [0.1, 0.15) is 0 Å². The smallest absolute Gasteiger partial charge is 0.308 e. The lowest BCUT2D eigenvalue weighted by Gasteiger charge is -2.39. The third-order valence-corrected chi connectivity index (χ3v) is 9.19. The quantitative estimate of drug-likeness (QED) is 0.548. The van der Waals surface area contributed by atoms with Crippen molar-refractivity contribution in [3.05, 3.63) is 42.0 Å². The average molecular weight is 365 g/mol. The van der Waals surface area contributed by atoms with Crippen LogP contribution in [0.4, 0.5) is 0 Å². The van der Waals surface area contributed by atoms with Crippen LogP contribution >= 0.6 is 0 Å². The summed E-state index contributed by atoms with van der Waals surface area (Å²) in [6.07, 6.45) is 3.29. The minimum Gasteiger partial charge on any atom is -0.469 e. The number of carbonyl (C=O) groups is 1. The van der Waals surface area contributed by atoms with E-state index in [9.17, 15) is 9.90 Å². The minimum absolute atomic E-state index is 0.0208. The largest absolute Gasteiger partial charge is 0.469 e. The summed E-state index contributed by atoms with van der Waals surface area (Å²) >= 11 is 0. The molecule has 1 aromatic carbocycles. The predicted molar refractivity (Wildman–Crippen MR) is 105 cm³/mol. The van der Waals surface area contributed by atoms with Gasteiger partial charge in [0.25, 0.3) is 0 Å². The van der Waals surface area contributed by atoms with Gasteiger partial charge in [-0.25, -0.2) is 0 Å². The highest BCUT2D eigenvalue weighted by Gasteiger charge is 2.39. The molecule has 25 heavy (non-hydrogen) atoms. The second kappa shape index (κ2) is 9.32. The molecule has 1 rings (SSSR count). The number of aliphatic hydroxyl groups excluding tert-OH is 1. The third-order valence-electron chi connectivity index (χ3n) is 4.69. The van der Waals surface area contributed by atoms with Gasteiger partial charge >= 0.3 is 5.97 Å². The predicted octanol–water partition coefficient (Wildman–Crippen LogP) is 4.40. The van der Waals surface area contributed by atoms with Crippen LogP contribution in [-0.2, 0) is 14.0 Å². The van der Waals surface area contributed by atoms with E-state index >= 15 is 0 Å². The van der Waals surface area contributed by atoms with Gasteiger partial charge in [-0.1, -0.05) is 63.3 Å². The van der Waals surface area contributed by atoms with E-state index in [1.807, 2.05) is 42.5 Å². The van der Waals surface area contributed by atoms with Crippen LogP contribution in [0.3, 0.4) is 0 Å².